The Morgan fingerprint density at radius 1 is 1.15 bits per heavy atom. The summed E-state index contributed by atoms with van der Waals surface area (Å²) in [5.74, 6) is 0.721. The van der Waals surface area contributed by atoms with Gasteiger partial charge in [0.15, 0.2) is 0 Å². The minimum atomic E-state index is -0.0552. The molecule has 1 heterocycles. The monoisotopic (exact) mass is 354 g/mol. The van der Waals surface area contributed by atoms with Crippen LogP contribution in [-0.4, -0.2) is 37.8 Å². The lowest BCUT2D eigenvalue weighted by Crippen LogP contribution is -2.53. The molecule has 1 amide bonds. The third kappa shape index (κ3) is 4.76. The average Bonchev–Trinajstić information content (AvgIpc) is 2.63. The van der Waals surface area contributed by atoms with Crippen LogP contribution in [0.25, 0.3) is 0 Å². The zero-order valence-electron chi connectivity index (χ0n) is 15.4. The summed E-state index contributed by atoms with van der Waals surface area (Å²) >= 11 is 0. The molecule has 3 rings (SSSR count). The maximum Gasteiger partial charge on any atom is 0.227 e. The smallest absolute Gasteiger partial charge is 0.227 e. The SMILES string of the molecule is CC1(C)COCCN1c1ccc(NC(=O)CCOc2ccccc2)cc1. The van der Waals surface area contributed by atoms with E-state index in [1.165, 1.54) is 0 Å². The number of hydrogen-bond donors (Lipinski definition) is 1. The summed E-state index contributed by atoms with van der Waals surface area (Å²) in [5.41, 5.74) is 1.91. The van der Waals surface area contributed by atoms with Crippen LogP contribution in [0.5, 0.6) is 5.75 Å². The van der Waals surface area contributed by atoms with Crippen molar-refractivity contribution in [1.29, 1.82) is 0 Å². The molecule has 2 aromatic carbocycles. The lowest BCUT2D eigenvalue weighted by Gasteiger charge is -2.43. The van der Waals surface area contributed by atoms with Crippen molar-refractivity contribution in [3.8, 4) is 5.75 Å². The van der Waals surface area contributed by atoms with E-state index in [2.05, 4.69) is 24.1 Å². The van der Waals surface area contributed by atoms with Gasteiger partial charge in [-0.15, -0.1) is 0 Å². The zero-order valence-corrected chi connectivity index (χ0v) is 15.4. The standard InChI is InChI=1S/C21H26N2O3/c1-21(2)16-25-15-13-23(21)18-10-8-17(9-11-18)22-20(24)12-14-26-19-6-4-3-5-7-19/h3-11H,12-16H2,1-2H3,(H,22,24). The molecule has 0 aliphatic carbocycles. The minimum Gasteiger partial charge on any atom is -0.493 e. The fourth-order valence-electron chi connectivity index (χ4n) is 3.06. The molecule has 2 aromatic rings. The number of para-hydroxylation sites is 1. The molecule has 26 heavy (non-hydrogen) atoms. The molecule has 0 unspecified atom stereocenters. The van der Waals surface area contributed by atoms with Crippen LogP contribution in [0.15, 0.2) is 54.6 Å². The molecule has 1 aliphatic rings. The Morgan fingerprint density at radius 3 is 2.58 bits per heavy atom. The molecule has 0 spiro atoms. The van der Waals surface area contributed by atoms with Crippen molar-refractivity contribution in [2.24, 2.45) is 0 Å². The van der Waals surface area contributed by atoms with Gasteiger partial charge in [-0.05, 0) is 50.2 Å². The van der Waals surface area contributed by atoms with Gasteiger partial charge in [0.2, 0.25) is 5.91 Å². The molecule has 1 N–H and O–H groups in total. The van der Waals surface area contributed by atoms with Crippen LogP contribution in [0, 0.1) is 0 Å². The van der Waals surface area contributed by atoms with E-state index in [-0.39, 0.29) is 11.4 Å². The second-order valence-corrected chi connectivity index (χ2v) is 7.02. The second-order valence-electron chi connectivity index (χ2n) is 7.02. The highest BCUT2D eigenvalue weighted by molar-refractivity contribution is 5.91. The fourth-order valence-corrected chi connectivity index (χ4v) is 3.06. The molecule has 138 valence electrons. The van der Waals surface area contributed by atoms with Crippen LogP contribution in [-0.2, 0) is 9.53 Å². The molecule has 5 heteroatoms. The molecule has 0 aromatic heterocycles. The van der Waals surface area contributed by atoms with Gasteiger partial charge in [-0.1, -0.05) is 18.2 Å². The highest BCUT2D eigenvalue weighted by Gasteiger charge is 2.30. The predicted molar refractivity (Wildman–Crippen MR) is 104 cm³/mol. The van der Waals surface area contributed by atoms with Crippen LogP contribution in [0.2, 0.25) is 0 Å². The summed E-state index contributed by atoms with van der Waals surface area (Å²) in [4.78, 5) is 14.4. The van der Waals surface area contributed by atoms with Gasteiger partial charge in [-0.2, -0.15) is 0 Å². The first-order chi connectivity index (χ1) is 12.5. The number of benzene rings is 2. The molecule has 0 radical (unpaired) electrons. The Morgan fingerprint density at radius 2 is 1.88 bits per heavy atom. The van der Waals surface area contributed by atoms with Crippen LogP contribution >= 0.6 is 0 Å². The van der Waals surface area contributed by atoms with Gasteiger partial charge in [-0.3, -0.25) is 4.79 Å². The number of nitrogens with zero attached hydrogens (tertiary/aromatic N) is 1. The normalized spacial score (nSPS) is 16.2. The number of carbonyl (C=O) groups is 1. The molecular formula is C21H26N2O3. The maximum atomic E-state index is 12.1. The summed E-state index contributed by atoms with van der Waals surface area (Å²) in [5, 5.41) is 2.92. The predicted octanol–water partition coefficient (Wildman–Crippen LogP) is 3.71. The second kappa shape index (κ2) is 8.23. The van der Waals surface area contributed by atoms with E-state index in [1.807, 2.05) is 54.6 Å². The van der Waals surface area contributed by atoms with Gasteiger partial charge in [0.25, 0.3) is 0 Å². The third-order valence-electron chi connectivity index (χ3n) is 4.45. The first-order valence-corrected chi connectivity index (χ1v) is 8.98. The number of carbonyl (C=O) groups excluding carboxylic acids is 1. The van der Waals surface area contributed by atoms with Gasteiger partial charge in [0, 0.05) is 17.9 Å². The topological polar surface area (TPSA) is 50.8 Å². The maximum absolute atomic E-state index is 12.1. The van der Waals surface area contributed by atoms with Gasteiger partial charge < -0.3 is 19.7 Å². The van der Waals surface area contributed by atoms with Crippen LogP contribution in [0.4, 0.5) is 11.4 Å². The number of morpholine rings is 1. The Balaban J connectivity index is 1.50. The summed E-state index contributed by atoms with van der Waals surface area (Å²) in [6, 6.07) is 17.5. The first-order valence-electron chi connectivity index (χ1n) is 8.98. The van der Waals surface area contributed by atoms with Gasteiger partial charge >= 0.3 is 0 Å². The van der Waals surface area contributed by atoms with E-state index in [0.29, 0.717) is 19.6 Å². The Bertz CT molecular complexity index is 714. The molecule has 5 nitrogen and oxygen atoms in total. The number of nitrogens with one attached hydrogen (secondary N) is 1. The Hall–Kier alpha value is -2.53. The van der Waals surface area contributed by atoms with Crippen molar-refractivity contribution in [2.75, 3.05) is 36.6 Å². The van der Waals surface area contributed by atoms with Crippen LogP contribution in [0.3, 0.4) is 0 Å². The quantitative estimate of drug-likeness (QED) is 0.859. The summed E-state index contributed by atoms with van der Waals surface area (Å²) in [6.07, 6.45) is 0.313. The van der Waals surface area contributed by atoms with Crippen molar-refractivity contribution in [1.82, 2.24) is 0 Å². The number of hydrogen-bond acceptors (Lipinski definition) is 4. The molecular weight excluding hydrogens is 328 g/mol. The van der Waals surface area contributed by atoms with Crippen molar-refractivity contribution in [3.63, 3.8) is 0 Å². The van der Waals surface area contributed by atoms with E-state index in [4.69, 9.17) is 9.47 Å². The largest absolute Gasteiger partial charge is 0.493 e. The van der Waals surface area contributed by atoms with E-state index in [0.717, 1.165) is 30.3 Å². The minimum absolute atomic E-state index is 0.0300. The van der Waals surface area contributed by atoms with E-state index < -0.39 is 0 Å². The third-order valence-corrected chi connectivity index (χ3v) is 4.45. The van der Waals surface area contributed by atoms with Crippen molar-refractivity contribution in [3.05, 3.63) is 54.6 Å². The lowest BCUT2D eigenvalue weighted by atomic mass is 10.0. The summed E-state index contributed by atoms with van der Waals surface area (Å²) in [7, 11) is 0. The molecule has 1 fully saturated rings. The molecule has 0 saturated carbocycles. The highest BCUT2D eigenvalue weighted by Crippen LogP contribution is 2.27. The van der Waals surface area contributed by atoms with Gasteiger partial charge in [0.05, 0.1) is 31.8 Å². The van der Waals surface area contributed by atoms with E-state index in [1.54, 1.807) is 0 Å². The van der Waals surface area contributed by atoms with Crippen molar-refractivity contribution < 1.29 is 14.3 Å². The first kappa shape index (κ1) is 18.3. The number of amides is 1. The molecule has 1 saturated heterocycles. The molecule has 0 atom stereocenters. The average molecular weight is 354 g/mol. The number of anilines is 2. The van der Waals surface area contributed by atoms with E-state index >= 15 is 0 Å². The fraction of sp³-hybridized carbons (Fsp3) is 0.381. The van der Waals surface area contributed by atoms with Crippen molar-refractivity contribution >= 4 is 17.3 Å². The molecule has 0 bridgehead atoms. The Labute approximate surface area is 154 Å². The Kier molecular flexibility index (Phi) is 5.78. The van der Waals surface area contributed by atoms with Crippen LogP contribution in [0.1, 0.15) is 20.3 Å². The molecule has 1 aliphatic heterocycles. The zero-order chi connectivity index (χ0) is 18.4. The number of ether oxygens (including phenoxy) is 2. The highest BCUT2D eigenvalue weighted by atomic mass is 16.5. The van der Waals surface area contributed by atoms with Crippen LogP contribution < -0.4 is 15.0 Å². The lowest BCUT2D eigenvalue weighted by molar-refractivity contribution is -0.116. The van der Waals surface area contributed by atoms with Crippen molar-refractivity contribution in [2.45, 2.75) is 25.8 Å². The number of rotatable bonds is 6. The summed E-state index contributed by atoms with van der Waals surface area (Å²) in [6.45, 7) is 7.03. The van der Waals surface area contributed by atoms with E-state index in [9.17, 15) is 4.79 Å². The summed E-state index contributed by atoms with van der Waals surface area (Å²) < 4.78 is 11.1. The van der Waals surface area contributed by atoms with Gasteiger partial charge in [0.1, 0.15) is 5.75 Å². The van der Waals surface area contributed by atoms with Gasteiger partial charge in [-0.25, -0.2) is 0 Å².